The lowest BCUT2D eigenvalue weighted by Crippen LogP contribution is -1.98. The van der Waals surface area contributed by atoms with E-state index in [1.165, 1.54) is 0 Å². The average Bonchev–Trinajstić information content (AvgIpc) is 1.81. The van der Waals surface area contributed by atoms with Crippen LogP contribution in [0.15, 0.2) is 4.99 Å². The van der Waals surface area contributed by atoms with Gasteiger partial charge in [0.2, 0.25) is 0 Å². The fourth-order valence-electron chi connectivity index (χ4n) is 0.477. The fraction of sp³-hybridized carbons (Fsp3) is 0.833. The summed E-state index contributed by atoms with van der Waals surface area (Å²) < 4.78 is 0. The Morgan fingerprint density at radius 3 is 2.75 bits per heavy atom. The van der Waals surface area contributed by atoms with Crippen molar-refractivity contribution in [2.24, 2.45) is 10.7 Å². The van der Waals surface area contributed by atoms with Gasteiger partial charge in [-0.25, -0.2) is 0 Å². The number of nitrogens with two attached hydrogens (primary N) is 1. The zero-order valence-electron chi connectivity index (χ0n) is 5.43. The highest BCUT2D eigenvalue weighted by Gasteiger charge is 1.79. The van der Waals surface area contributed by atoms with Crippen LogP contribution in [0.25, 0.3) is 0 Å². The number of aliphatic imine (C=N–C) groups is 1. The first-order valence-corrected chi connectivity index (χ1v) is 3.06. The molecule has 0 radical (unpaired) electrons. The largest absolute Gasteiger partial charge is 0.330 e. The molecule has 0 saturated carbocycles. The highest BCUT2D eigenvalue weighted by Crippen LogP contribution is 1.84. The summed E-state index contributed by atoms with van der Waals surface area (Å²) in [6.07, 6.45) is 4.05. The third kappa shape index (κ3) is 5.63. The van der Waals surface area contributed by atoms with E-state index < -0.39 is 0 Å². The van der Waals surface area contributed by atoms with Gasteiger partial charge in [0, 0.05) is 6.54 Å². The van der Waals surface area contributed by atoms with Gasteiger partial charge in [-0.1, -0.05) is 0 Å². The molecule has 0 aliphatic carbocycles. The van der Waals surface area contributed by atoms with Crippen molar-refractivity contribution < 1.29 is 0 Å². The molecule has 0 amide bonds. The minimum atomic E-state index is 0.791. The SMILES string of the molecule is C/C=N\CCCCN. The number of unbranched alkanes of at least 4 members (excludes halogenated alkanes) is 1. The molecule has 0 aromatic carbocycles. The van der Waals surface area contributed by atoms with Crippen molar-refractivity contribution in [3.05, 3.63) is 0 Å². The quantitative estimate of drug-likeness (QED) is 0.426. The number of hydrogen-bond acceptors (Lipinski definition) is 2. The Hall–Kier alpha value is -0.370. The van der Waals surface area contributed by atoms with E-state index >= 15 is 0 Å². The number of nitrogens with zero attached hydrogens (tertiary/aromatic N) is 1. The molecule has 0 unspecified atom stereocenters. The summed E-state index contributed by atoms with van der Waals surface area (Å²) in [4.78, 5) is 4.03. The van der Waals surface area contributed by atoms with Crippen molar-refractivity contribution in [2.45, 2.75) is 19.8 Å². The third-order valence-electron chi connectivity index (χ3n) is 0.924. The Morgan fingerprint density at radius 2 is 2.25 bits per heavy atom. The van der Waals surface area contributed by atoms with Crippen molar-refractivity contribution in [2.75, 3.05) is 13.1 Å². The van der Waals surface area contributed by atoms with Crippen molar-refractivity contribution in [3.63, 3.8) is 0 Å². The summed E-state index contributed by atoms with van der Waals surface area (Å²) in [5, 5.41) is 0. The number of rotatable bonds is 4. The zero-order chi connectivity index (χ0) is 6.24. The van der Waals surface area contributed by atoms with Crippen molar-refractivity contribution in [3.8, 4) is 0 Å². The van der Waals surface area contributed by atoms with Gasteiger partial charge in [0.05, 0.1) is 0 Å². The first-order chi connectivity index (χ1) is 3.91. The predicted molar refractivity (Wildman–Crippen MR) is 37.3 cm³/mol. The van der Waals surface area contributed by atoms with Crippen LogP contribution in [0.2, 0.25) is 0 Å². The van der Waals surface area contributed by atoms with Crippen molar-refractivity contribution in [1.29, 1.82) is 0 Å². The number of hydrogen-bond donors (Lipinski definition) is 1. The summed E-state index contributed by atoms with van der Waals surface area (Å²) in [5.41, 5.74) is 5.26. The van der Waals surface area contributed by atoms with E-state index in [0.29, 0.717) is 0 Å². The summed E-state index contributed by atoms with van der Waals surface area (Å²) in [6.45, 7) is 3.66. The van der Waals surface area contributed by atoms with Crippen LogP contribution in [0, 0.1) is 0 Å². The molecule has 2 heteroatoms. The molecule has 0 aromatic heterocycles. The van der Waals surface area contributed by atoms with Crippen LogP contribution in [0.1, 0.15) is 19.8 Å². The fourth-order valence-corrected chi connectivity index (χ4v) is 0.477. The monoisotopic (exact) mass is 114 g/mol. The van der Waals surface area contributed by atoms with Crippen LogP contribution in [-0.4, -0.2) is 19.3 Å². The van der Waals surface area contributed by atoms with Crippen LogP contribution >= 0.6 is 0 Å². The molecule has 8 heavy (non-hydrogen) atoms. The van der Waals surface area contributed by atoms with E-state index in [2.05, 4.69) is 4.99 Å². The van der Waals surface area contributed by atoms with Gasteiger partial charge in [-0.2, -0.15) is 0 Å². The molecule has 0 aromatic rings. The first kappa shape index (κ1) is 7.63. The Labute approximate surface area is 50.8 Å². The standard InChI is InChI=1S/C6H14N2/c1-2-8-6-4-3-5-7/h2H,3-7H2,1H3/b8-2-. The highest BCUT2D eigenvalue weighted by molar-refractivity contribution is 5.53. The molecule has 0 atom stereocenters. The van der Waals surface area contributed by atoms with E-state index in [4.69, 9.17) is 5.73 Å². The molecular weight excluding hydrogens is 100 g/mol. The van der Waals surface area contributed by atoms with Crippen LogP contribution in [0.4, 0.5) is 0 Å². The normalized spacial score (nSPS) is 10.8. The maximum atomic E-state index is 5.26. The summed E-state index contributed by atoms with van der Waals surface area (Å²) in [6, 6.07) is 0. The smallest absolute Gasteiger partial charge is 0.0385 e. The Bertz CT molecular complexity index is 59.5. The molecule has 2 nitrogen and oxygen atoms in total. The van der Waals surface area contributed by atoms with Crippen molar-refractivity contribution >= 4 is 6.21 Å². The van der Waals surface area contributed by atoms with Crippen molar-refractivity contribution in [1.82, 2.24) is 0 Å². The van der Waals surface area contributed by atoms with Gasteiger partial charge in [-0.3, -0.25) is 4.99 Å². The van der Waals surface area contributed by atoms with Gasteiger partial charge in [-0.15, -0.1) is 0 Å². The van der Waals surface area contributed by atoms with Gasteiger partial charge < -0.3 is 5.73 Å². The predicted octanol–water partition coefficient (Wildman–Crippen LogP) is 0.816. The van der Waals surface area contributed by atoms with Crippen LogP contribution in [0.3, 0.4) is 0 Å². The second-order valence-electron chi connectivity index (χ2n) is 1.66. The molecule has 0 aliphatic heterocycles. The lowest BCUT2D eigenvalue weighted by atomic mass is 10.3. The summed E-state index contributed by atoms with van der Waals surface area (Å²) in [5.74, 6) is 0. The third-order valence-corrected chi connectivity index (χ3v) is 0.924. The maximum absolute atomic E-state index is 5.26. The van der Waals surface area contributed by atoms with Gasteiger partial charge in [0.1, 0.15) is 0 Å². The lowest BCUT2D eigenvalue weighted by Gasteiger charge is -1.89. The minimum absolute atomic E-state index is 0.791. The molecule has 0 spiro atoms. The maximum Gasteiger partial charge on any atom is 0.0385 e. The Balaban J connectivity index is 2.72. The van der Waals surface area contributed by atoms with E-state index in [-0.39, 0.29) is 0 Å². The molecule has 48 valence electrons. The van der Waals surface area contributed by atoms with Gasteiger partial charge >= 0.3 is 0 Å². The van der Waals surface area contributed by atoms with Gasteiger partial charge in [0.25, 0.3) is 0 Å². The first-order valence-electron chi connectivity index (χ1n) is 3.06. The minimum Gasteiger partial charge on any atom is -0.330 e. The topological polar surface area (TPSA) is 38.4 Å². The van der Waals surface area contributed by atoms with E-state index in [0.717, 1.165) is 25.9 Å². The lowest BCUT2D eigenvalue weighted by molar-refractivity contribution is 0.757. The molecule has 0 aliphatic rings. The van der Waals surface area contributed by atoms with E-state index in [9.17, 15) is 0 Å². The molecule has 2 N–H and O–H groups in total. The second-order valence-corrected chi connectivity index (χ2v) is 1.66. The zero-order valence-corrected chi connectivity index (χ0v) is 5.43. The van der Waals surface area contributed by atoms with Crippen LogP contribution < -0.4 is 5.73 Å². The van der Waals surface area contributed by atoms with Gasteiger partial charge in [0.15, 0.2) is 0 Å². The molecule has 0 rings (SSSR count). The second kappa shape index (κ2) is 6.63. The van der Waals surface area contributed by atoms with Crippen LogP contribution in [0.5, 0.6) is 0 Å². The highest BCUT2D eigenvalue weighted by atomic mass is 14.7. The van der Waals surface area contributed by atoms with Crippen LogP contribution in [-0.2, 0) is 0 Å². The molecular formula is C6H14N2. The average molecular weight is 114 g/mol. The van der Waals surface area contributed by atoms with Gasteiger partial charge in [-0.05, 0) is 32.5 Å². The Kier molecular flexibility index (Phi) is 6.32. The Morgan fingerprint density at radius 1 is 1.50 bits per heavy atom. The summed E-state index contributed by atoms with van der Waals surface area (Å²) in [7, 11) is 0. The molecule has 0 saturated heterocycles. The summed E-state index contributed by atoms with van der Waals surface area (Å²) >= 11 is 0. The van der Waals surface area contributed by atoms with E-state index in [1.807, 2.05) is 13.1 Å². The molecule has 0 bridgehead atoms. The van der Waals surface area contributed by atoms with E-state index in [1.54, 1.807) is 0 Å². The molecule has 0 fully saturated rings. The molecule has 0 heterocycles.